The zero-order valence-electron chi connectivity index (χ0n) is 23.0. The average molecular weight is 518 g/mol. The van der Waals surface area contributed by atoms with Crippen molar-refractivity contribution >= 4 is 29.3 Å². The molecule has 3 amide bonds. The van der Waals surface area contributed by atoms with E-state index in [1.54, 1.807) is 30.8 Å². The summed E-state index contributed by atoms with van der Waals surface area (Å²) in [7, 11) is 3.42. The highest BCUT2D eigenvalue weighted by Crippen LogP contribution is 2.10. The number of nitrogens with one attached hydrogen (secondary N) is 1. The zero-order chi connectivity index (χ0) is 27.8. The molecule has 1 aromatic carbocycles. The van der Waals surface area contributed by atoms with E-state index in [2.05, 4.69) is 5.32 Å². The van der Waals surface area contributed by atoms with Crippen molar-refractivity contribution < 1.29 is 28.7 Å². The van der Waals surface area contributed by atoms with Crippen molar-refractivity contribution in [2.75, 3.05) is 40.4 Å². The molecule has 0 saturated carbocycles. The number of hydrogen-bond donors (Lipinski definition) is 1. The number of nitrogens with zero attached hydrogens (tertiary/aromatic N) is 2. The minimum atomic E-state index is -0.148. The van der Waals surface area contributed by atoms with Crippen molar-refractivity contribution in [2.45, 2.75) is 65.8 Å². The second-order valence-electron chi connectivity index (χ2n) is 9.73. The molecular weight excluding hydrogens is 474 g/mol. The Labute approximate surface area is 220 Å². The first-order valence-electron chi connectivity index (χ1n) is 12.9. The van der Waals surface area contributed by atoms with Crippen LogP contribution in [0.15, 0.2) is 24.3 Å². The van der Waals surface area contributed by atoms with Gasteiger partial charge in [-0.25, -0.2) is 4.79 Å². The number of unbranched alkanes of at least 4 members (excludes halogenated alkanes) is 1. The summed E-state index contributed by atoms with van der Waals surface area (Å²) in [6.45, 7) is 6.76. The number of rotatable bonds is 18. The predicted octanol–water partition coefficient (Wildman–Crippen LogP) is 3.18. The molecule has 0 aliphatic rings. The number of ketones is 3. The molecule has 0 spiro atoms. The molecule has 0 aliphatic heterocycles. The molecule has 0 bridgehead atoms. The third-order valence-corrected chi connectivity index (χ3v) is 6.10. The smallest absolute Gasteiger partial charge is 0.317 e. The molecule has 9 nitrogen and oxygen atoms in total. The van der Waals surface area contributed by atoms with Gasteiger partial charge in [-0.1, -0.05) is 37.6 Å². The van der Waals surface area contributed by atoms with Crippen molar-refractivity contribution in [1.29, 1.82) is 0 Å². The van der Waals surface area contributed by atoms with E-state index >= 15 is 0 Å². The molecule has 1 unspecified atom stereocenters. The lowest BCUT2D eigenvalue weighted by Crippen LogP contribution is -2.38. The lowest BCUT2D eigenvalue weighted by molar-refractivity contribution is -0.135. The van der Waals surface area contributed by atoms with Crippen LogP contribution < -0.4 is 5.32 Å². The number of amides is 3. The summed E-state index contributed by atoms with van der Waals surface area (Å²) in [4.78, 5) is 61.7. The predicted molar refractivity (Wildman–Crippen MR) is 142 cm³/mol. The molecule has 206 valence electrons. The van der Waals surface area contributed by atoms with Gasteiger partial charge in [-0.05, 0) is 44.2 Å². The summed E-state index contributed by atoms with van der Waals surface area (Å²) >= 11 is 0. The highest BCUT2D eigenvalue weighted by molar-refractivity contribution is 5.98. The number of benzene rings is 1. The molecule has 0 aromatic heterocycles. The van der Waals surface area contributed by atoms with E-state index in [0.717, 1.165) is 30.4 Å². The van der Waals surface area contributed by atoms with E-state index in [9.17, 15) is 24.0 Å². The summed E-state index contributed by atoms with van der Waals surface area (Å²) in [5.74, 6) is -0.127. The fourth-order valence-electron chi connectivity index (χ4n) is 3.58. The van der Waals surface area contributed by atoms with Crippen molar-refractivity contribution in [3.63, 3.8) is 0 Å². The van der Waals surface area contributed by atoms with Crippen LogP contribution in [0.25, 0.3) is 0 Å². The van der Waals surface area contributed by atoms with Gasteiger partial charge in [-0.3, -0.25) is 19.2 Å². The summed E-state index contributed by atoms with van der Waals surface area (Å²) in [5.41, 5.74) is 1.77. The first kappa shape index (κ1) is 32.0. The van der Waals surface area contributed by atoms with Gasteiger partial charge in [0.25, 0.3) is 0 Å². The molecule has 37 heavy (non-hydrogen) atoms. The Morgan fingerprint density at radius 2 is 1.57 bits per heavy atom. The van der Waals surface area contributed by atoms with Gasteiger partial charge in [-0.15, -0.1) is 0 Å². The third kappa shape index (κ3) is 14.3. The number of Topliss-reactive ketones (excluding diaryl/α,β-unsaturated/α-hetero) is 3. The number of likely N-dealkylation sites (N-methyl/N-ethyl adjacent to an activating group) is 1. The van der Waals surface area contributed by atoms with Gasteiger partial charge >= 0.3 is 6.03 Å². The van der Waals surface area contributed by atoms with E-state index < -0.39 is 0 Å². The minimum Gasteiger partial charge on any atom is -0.372 e. The zero-order valence-corrected chi connectivity index (χ0v) is 23.0. The van der Waals surface area contributed by atoms with E-state index in [1.165, 1.54) is 6.92 Å². The summed E-state index contributed by atoms with van der Waals surface area (Å²) in [6, 6.07) is 7.27. The maximum Gasteiger partial charge on any atom is 0.317 e. The Morgan fingerprint density at radius 3 is 2.19 bits per heavy atom. The topological polar surface area (TPSA) is 113 Å². The fourth-order valence-corrected chi connectivity index (χ4v) is 3.58. The van der Waals surface area contributed by atoms with Crippen molar-refractivity contribution in [3.05, 3.63) is 35.4 Å². The second-order valence-corrected chi connectivity index (χ2v) is 9.73. The quantitative estimate of drug-likeness (QED) is 0.236. The molecule has 0 radical (unpaired) electrons. The highest BCUT2D eigenvalue weighted by atomic mass is 16.5. The first-order valence-corrected chi connectivity index (χ1v) is 12.9. The Hall–Kier alpha value is -3.07. The van der Waals surface area contributed by atoms with E-state index in [1.807, 2.05) is 31.2 Å². The van der Waals surface area contributed by atoms with Gasteiger partial charge in [0.15, 0.2) is 0 Å². The van der Waals surface area contributed by atoms with Crippen LogP contribution in [-0.2, 0) is 36.9 Å². The maximum atomic E-state index is 12.3. The molecule has 1 atom stereocenters. The molecule has 0 fully saturated rings. The van der Waals surface area contributed by atoms with Crippen LogP contribution in [0.2, 0.25) is 0 Å². The number of hydrogen-bond acceptors (Lipinski definition) is 6. The molecule has 1 N–H and O–H groups in total. The van der Waals surface area contributed by atoms with E-state index in [-0.39, 0.29) is 54.7 Å². The summed E-state index contributed by atoms with van der Waals surface area (Å²) in [5, 5.41) is 2.87. The maximum absolute atomic E-state index is 12.3. The largest absolute Gasteiger partial charge is 0.372 e. The number of carbonyl (C=O) groups excluding carboxylic acids is 5. The number of ether oxygens (including phenoxy) is 1. The number of urea groups is 1. The number of carbonyl (C=O) groups is 5. The first-order chi connectivity index (χ1) is 17.5. The van der Waals surface area contributed by atoms with Crippen LogP contribution in [0.1, 0.15) is 64.0 Å². The molecular formula is C28H43N3O6. The molecule has 0 saturated heterocycles. The van der Waals surface area contributed by atoms with Crippen LogP contribution in [0.4, 0.5) is 4.79 Å². The Bertz CT molecular complexity index is 900. The van der Waals surface area contributed by atoms with E-state index in [0.29, 0.717) is 32.7 Å². The molecule has 1 rings (SSSR count). The van der Waals surface area contributed by atoms with Gasteiger partial charge in [-0.2, -0.15) is 0 Å². The van der Waals surface area contributed by atoms with Crippen molar-refractivity contribution in [2.24, 2.45) is 5.92 Å². The van der Waals surface area contributed by atoms with Crippen LogP contribution in [0, 0.1) is 5.92 Å². The van der Waals surface area contributed by atoms with Gasteiger partial charge in [0.1, 0.15) is 24.0 Å². The van der Waals surface area contributed by atoms with Crippen LogP contribution >= 0.6 is 0 Å². The molecule has 0 aliphatic carbocycles. The van der Waals surface area contributed by atoms with E-state index in [4.69, 9.17) is 4.74 Å². The van der Waals surface area contributed by atoms with Crippen molar-refractivity contribution in [3.8, 4) is 0 Å². The van der Waals surface area contributed by atoms with Gasteiger partial charge in [0.05, 0.1) is 6.42 Å². The Morgan fingerprint density at radius 1 is 0.919 bits per heavy atom. The molecule has 9 heteroatoms. The lowest BCUT2D eigenvalue weighted by atomic mass is 10.0. The summed E-state index contributed by atoms with van der Waals surface area (Å²) < 4.78 is 5.49. The highest BCUT2D eigenvalue weighted by Gasteiger charge is 2.12. The second kappa shape index (κ2) is 17.4. The Balaban J connectivity index is 2.20. The van der Waals surface area contributed by atoms with Crippen molar-refractivity contribution in [1.82, 2.24) is 15.1 Å². The third-order valence-electron chi connectivity index (χ3n) is 6.10. The van der Waals surface area contributed by atoms with Gasteiger partial charge < -0.3 is 19.9 Å². The van der Waals surface area contributed by atoms with Gasteiger partial charge in [0.2, 0.25) is 5.91 Å². The minimum absolute atomic E-state index is 0.0390. The van der Waals surface area contributed by atoms with Gasteiger partial charge in [0, 0.05) is 52.7 Å². The monoisotopic (exact) mass is 517 g/mol. The summed E-state index contributed by atoms with van der Waals surface area (Å²) in [6.07, 6.45) is 3.36. The molecule has 0 heterocycles. The van der Waals surface area contributed by atoms with Crippen LogP contribution in [-0.4, -0.2) is 79.5 Å². The van der Waals surface area contributed by atoms with Crippen LogP contribution in [0.5, 0.6) is 0 Å². The Kier molecular flexibility index (Phi) is 15.0. The SMILES string of the molecule is CC(=O)CC(=O)Cc1ccc(CN(C)C(=O)COCCCN(C)C(=O)NCCCCC(C)C(C)=O)cc1. The normalized spacial score (nSPS) is 11.5. The van der Waals surface area contributed by atoms with Crippen LogP contribution in [0.3, 0.4) is 0 Å². The standard InChI is InChI=1S/C28H43N3O6/c1-21(23(3)33)9-6-7-14-29-28(36)30(4)15-8-16-37-20-27(35)31(5)19-25-12-10-24(11-13-25)18-26(34)17-22(2)32/h10-13,21H,6-9,14-20H2,1-5H3,(H,29,36). The molecule has 1 aromatic rings. The average Bonchev–Trinajstić information content (AvgIpc) is 2.83. The fraction of sp³-hybridized carbons (Fsp3) is 0.607. The lowest BCUT2D eigenvalue weighted by Gasteiger charge is -2.19.